The fourth-order valence-electron chi connectivity index (χ4n) is 1.70. The van der Waals surface area contributed by atoms with Crippen molar-refractivity contribution in [2.75, 3.05) is 7.11 Å². The SMILES string of the molecule is COc1cccc(C(=O)N/N=C/Cc2ccccc2)c1. The minimum Gasteiger partial charge on any atom is -0.497 e. The maximum atomic E-state index is 11.8. The first-order chi connectivity index (χ1) is 9.79. The van der Waals surface area contributed by atoms with Crippen LogP contribution in [0.3, 0.4) is 0 Å². The number of methoxy groups -OCH3 is 1. The lowest BCUT2D eigenvalue weighted by Gasteiger charge is -2.02. The molecular formula is C16H16N2O2. The number of carbonyl (C=O) groups is 1. The minimum absolute atomic E-state index is 0.256. The minimum atomic E-state index is -0.256. The van der Waals surface area contributed by atoms with Gasteiger partial charge < -0.3 is 4.74 Å². The summed E-state index contributed by atoms with van der Waals surface area (Å²) in [6.07, 6.45) is 2.35. The zero-order chi connectivity index (χ0) is 14.2. The van der Waals surface area contributed by atoms with Crippen LogP contribution < -0.4 is 10.2 Å². The number of carbonyl (C=O) groups excluding carboxylic acids is 1. The van der Waals surface area contributed by atoms with Crippen molar-refractivity contribution in [3.63, 3.8) is 0 Å². The van der Waals surface area contributed by atoms with Crippen LogP contribution >= 0.6 is 0 Å². The molecule has 0 aliphatic heterocycles. The maximum absolute atomic E-state index is 11.8. The zero-order valence-corrected chi connectivity index (χ0v) is 11.2. The van der Waals surface area contributed by atoms with Crippen molar-refractivity contribution in [1.82, 2.24) is 5.43 Å². The van der Waals surface area contributed by atoms with Crippen molar-refractivity contribution >= 4 is 12.1 Å². The van der Waals surface area contributed by atoms with Crippen LogP contribution in [0.5, 0.6) is 5.75 Å². The average Bonchev–Trinajstić information content (AvgIpc) is 2.52. The van der Waals surface area contributed by atoms with E-state index in [1.54, 1.807) is 37.6 Å². The van der Waals surface area contributed by atoms with Gasteiger partial charge in [0.05, 0.1) is 7.11 Å². The highest BCUT2D eigenvalue weighted by molar-refractivity contribution is 5.94. The van der Waals surface area contributed by atoms with Crippen LogP contribution in [-0.2, 0) is 6.42 Å². The molecule has 4 nitrogen and oxygen atoms in total. The van der Waals surface area contributed by atoms with Crippen LogP contribution in [0.25, 0.3) is 0 Å². The Morgan fingerprint density at radius 1 is 1.20 bits per heavy atom. The fourth-order valence-corrected chi connectivity index (χ4v) is 1.70. The van der Waals surface area contributed by atoms with Gasteiger partial charge in [-0.25, -0.2) is 5.43 Å². The highest BCUT2D eigenvalue weighted by Gasteiger charge is 2.04. The number of ether oxygens (including phenoxy) is 1. The van der Waals surface area contributed by atoms with Gasteiger partial charge >= 0.3 is 0 Å². The van der Waals surface area contributed by atoms with E-state index >= 15 is 0 Å². The van der Waals surface area contributed by atoms with Gasteiger partial charge in [-0.2, -0.15) is 5.10 Å². The van der Waals surface area contributed by atoms with Crippen molar-refractivity contribution in [3.05, 3.63) is 65.7 Å². The first kappa shape index (κ1) is 13.8. The van der Waals surface area contributed by atoms with E-state index < -0.39 is 0 Å². The van der Waals surface area contributed by atoms with Crippen LogP contribution in [0.15, 0.2) is 59.7 Å². The largest absolute Gasteiger partial charge is 0.497 e. The first-order valence-corrected chi connectivity index (χ1v) is 6.29. The van der Waals surface area contributed by atoms with Crippen molar-refractivity contribution in [2.45, 2.75) is 6.42 Å². The van der Waals surface area contributed by atoms with E-state index in [1.165, 1.54) is 0 Å². The molecule has 0 saturated heterocycles. The standard InChI is InChI=1S/C16H16N2O2/c1-20-15-9-5-8-14(12-15)16(19)18-17-11-10-13-6-3-2-4-7-13/h2-9,11-12H,10H2,1H3,(H,18,19)/b17-11+. The summed E-state index contributed by atoms with van der Waals surface area (Å²) in [4.78, 5) is 11.8. The number of hydrogen-bond donors (Lipinski definition) is 1. The molecule has 2 aromatic carbocycles. The number of nitrogens with zero attached hydrogens (tertiary/aromatic N) is 1. The summed E-state index contributed by atoms with van der Waals surface area (Å²) >= 11 is 0. The van der Waals surface area contributed by atoms with Crippen LogP contribution in [0, 0.1) is 0 Å². The molecular weight excluding hydrogens is 252 g/mol. The Kier molecular flexibility index (Phi) is 4.89. The molecule has 0 heterocycles. The monoisotopic (exact) mass is 268 g/mol. The van der Waals surface area contributed by atoms with E-state index in [0.29, 0.717) is 17.7 Å². The number of benzene rings is 2. The van der Waals surface area contributed by atoms with Gasteiger partial charge in [-0.05, 0) is 23.8 Å². The molecule has 102 valence electrons. The molecule has 0 unspecified atom stereocenters. The summed E-state index contributed by atoms with van der Waals surface area (Å²) in [7, 11) is 1.56. The highest BCUT2D eigenvalue weighted by Crippen LogP contribution is 2.12. The molecule has 20 heavy (non-hydrogen) atoms. The van der Waals surface area contributed by atoms with Crippen molar-refractivity contribution in [2.24, 2.45) is 5.10 Å². The third-order valence-electron chi connectivity index (χ3n) is 2.76. The molecule has 0 aliphatic rings. The summed E-state index contributed by atoms with van der Waals surface area (Å²) in [5.41, 5.74) is 4.16. The zero-order valence-electron chi connectivity index (χ0n) is 11.2. The summed E-state index contributed by atoms with van der Waals surface area (Å²) in [6.45, 7) is 0. The Labute approximate surface area is 118 Å². The van der Waals surface area contributed by atoms with E-state index in [-0.39, 0.29) is 5.91 Å². The van der Waals surface area contributed by atoms with Crippen molar-refractivity contribution in [3.8, 4) is 5.75 Å². The van der Waals surface area contributed by atoms with Gasteiger partial charge in [0.1, 0.15) is 5.75 Å². The highest BCUT2D eigenvalue weighted by atomic mass is 16.5. The third kappa shape index (κ3) is 3.95. The lowest BCUT2D eigenvalue weighted by Crippen LogP contribution is -2.17. The second-order valence-corrected chi connectivity index (χ2v) is 4.17. The number of hydrogen-bond acceptors (Lipinski definition) is 3. The van der Waals surface area contributed by atoms with Gasteiger partial charge in [0.15, 0.2) is 0 Å². The van der Waals surface area contributed by atoms with Gasteiger partial charge in [-0.3, -0.25) is 4.79 Å². The molecule has 2 aromatic rings. The van der Waals surface area contributed by atoms with Gasteiger partial charge in [-0.15, -0.1) is 0 Å². The Hall–Kier alpha value is -2.62. The normalized spacial score (nSPS) is 10.4. The predicted octanol–water partition coefficient (Wildman–Crippen LogP) is 2.65. The average molecular weight is 268 g/mol. The lowest BCUT2D eigenvalue weighted by atomic mass is 10.2. The number of nitrogens with one attached hydrogen (secondary N) is 1. The molecule has 0 aliphatic carbocycles. The summed E-state index contributed by atoms with van der Waals surface area (Å²) < 4.78 is 5.07. The second-order valence-electron chi connectivity index (χ2n) is 4.17. The molecule has 0 spiro atoms. The number of amides is 1. The fraction of sp³-hybridized carbons (Fsp3) is 0.125. The van der Waals surface area contributed by atoms with Gasteiger partial charge in [-0.1, -0.05) is 36.4 Å². The smallest absolute Gasteiger partial charge is 0.271 e. The van der Waals surface area contributed by atoms with Crippen LogP contribution in [-0.4, -0.2) is 19.2 Å². The maximum Gasteiger partial charge on any atom is 0.271 e. The topological polar surface area (TPSA) is 50.7 Å². The number of rotatable bonds is 5. The summed E-state index contributed by atoms with van der Waals surface area (Å²) in [6, 6.07) is 16.9. The summed E-state index contributed by atoms with van der Waals surface area (Å²) in [5, 5.41) is 3.93. The third-order valence-corrected chi connectivity index (χ3v) is 2.76. The Balaban J connectivity index is 1.88. The van der Waals surface area contributed by atoms with E-state index in [4.69, 9.17) is 4.74 Å². The summed E-state index contributed by atoms with van der Waals surface area (Å²) in [5.74, 6) is 0.388. The quantitative estimate of drug-likeness (QED) is 0.669. The van der Waals surface area contributed by atoms with Crippen molar-refractivity contribution in [1.29, 1.82) is 0 Å². The van der Waals surface area contributed by atoms with Crippen LogP contribution in [0.2, 0.25) is 0 Å². The van der Waals surface area contributed by atoms with E-state index in [9.17, 15) is 4.79 Å². The van der Waals surface area contributed by atoms with Crippen LogP contribution in [0.1, 0.15) is 15.9 Å². The molecule has 0 bridgehead atoms. The molecule has 0 radical (unpaired) electrons. The Morgan fingerprint density at radius 3 is 2.75 bits per heavy atom. The molecule has 1 amide bonds. The van der Waals surface area contributed by atoms with E-state index in [0.717, 1.165) is 5.56 Å². The first-order valence-electron chi connectivity index (χ1n) is 6.29. The lowest BCUT2D eigenvalue weighted by molar-refractivity contribution is 0.0954. The number of hydrazone groups is 1. The van der Waals surface area contributed by atoms with E-state index in [2.05, 4.69) is 10.5 Å². The van der Waals surface area contributed by atoms with Gasteiger partial charge in [0, 0.05) is 18.2 Å². The van der Waals surface area contributed by atoms with E-state index in [1.807, 2.05) is 30.3 Å². The molecule has 0 saturated carbocycles. The molecule has 2 rings (SSSR count). The predicted molar refractivity (Wildman–Crippen MR) is 79.1 cm³/mol. The molecule has 0 aromatic heterocycles. The van der Waals surface area contributed by atoms with Crippen molar-refractivity contribution < 1.29 is 9.53 Å². The molecule has 0 atom stereocenters. The molecule has 1 N–H and O–H groups in total. The Morgan fingerprint density at radius 2 is 2.00 bits per heavy atom. The van der Waals surface area contributed by atoms with Gasteiger partial charge in [0.2, 0.25) is 0 Å². The second kappa shape index (κ2) is 7.09. The molecule has 4 heteroatoms. The van der Waals surface area contributed by atoms with Crippen LogP contribution in [0.4, 0.5) is 0 Å². The van der Waals surface area contributed by atoms with Gasteiger partial charge in [0.25, 0.3) is 5.91 Å². The molecule has 0 fully saturated rings. The Bertz CT molecular complexity index is 594.